The van der Waals surface area contributed by atoms with Gasteiger partial charge >= 0.3 is 0 Å². The second kappa shape index (κ2) is 5.20. The fourth-order valence-corrected chi connectivity index (χ4v) is 2.11. The third kappa shape index (κ3) is 2.63. The Morgan fingerprint density at radius 2 is 1.95 bits per heavy atom. The standard InChI is InChI=1S/C15H16N4/c1-11(12-6-8-16-9-7-12)17-10-15-18-13-4-2-3-5-14(13)19-15/h2-9,11,17H,10H2,1H3,(H,18,19). The summed E-state index contributed by atoms with van der Waals surface area (Å²) in [6, 6.07) is 12.4. The van der Waals surface area contributed by atoms with Crippen LogP contribution < -0.4 is 5.32 Å². The minimum Gasteiger partial charge on any atom is -0.341 e. The van der Waals surface area contributed by atoms with Crippen LogP contribution in [0.15, 0.2) is 48.8 Å². The maximum absolute atomic E-state index is 4.55. The molecule has 0 bridgehead atoms. The normalized spacial score (nSPS) is 12.7. The van der Waals surface area contributed by atoms with E-state index in [0.717, 1.165) is 23.4 Å². The highest BCUT2D eigenvalue weighted by atomic mass is 15.0. The molecule has 1 aromatic carbocycles. The Hall–Kier alpha value is -2.20. The van der Waals surface area contributed by atoms with Gasteiger partial charge in [-0.2, -0.15) is 0 Å². The monoisotopic (exact) mass is 252 g/mol. The summed E-state index contributed by atoms with van der Waals surface area (Å²) in [7, 11) is 0. The number of rotatable bonds is 4. The van der Waals surface area contributed by atoms with Crippen LogP contribution in [-0.2, 0) is 6.54 Å². The number of benzene rings is 1. The van der Waals surface area contributed by atoms with Crippen molar-refractivity contribution in [2.24, 2.45) is 0 Å². The number of aromatic nitrogens is 3. The largest absolute Gasteiger partial charge is 0.341 e. The molecule has 0 amide bonds. The molecule has 2 heterocycles. The van der Waals surface area contributed by atoms with E-state index in [9.17, 15) is 0 Å². The highest BCUT2D eigenvalue weighted by Crippen LogP contribution is 2.13. The lowest BCUT2D eigenvalue weighted by molar-refractivity contribution is 0.562. The van der Waals surface area contributed by atoms with Crippen LogP contribution in [0.2, 0.25) is 0 Å². The van der Waals surface area contributed by atoms with Gasteiger partial charge in [-0.15, -0.1) is 0 Å². The predicted octanol–water partition coefficient (Wildman–Crippen LogP) is 2.81. The van der Waals surface area contributed by atoms with Gasteiger partial charge in [-0.05, 0) is 36.8 Å². The molecule has 3 rings (SSSR count). The molecule has 2 aromatic heterocycles. The summed E-state index contributed by atoms with van der Waals surface area (Å²) in [4.78, 5) is 11.9. The third-order valence-electron chi connectivity index (χ3n) is 3.22. The molecule has 4 heteroatoms. The fraction of sp³-hybridized carbons (Fsp3) is 0.200. The van der Waals surface area contributed by atoms with Crippen molar-refractivity contribution in [2.45, 2.75) is 19.5 Å². The lowest BCUT2D eigenvalue weighted by Crippen LogP contribution is -2.18. The minimum atomic E-state index is 0.274. The van der Waals surface area contributed by atoms with Crippen LogP contribution in [0.1, 0.15) is 24.4 Å². The summed E-state index contributed by atoms with van der Waals surface area (Å²) in [6.07, 6.45) is 3.63. The van der Waals surface area contributed by atoms with E-state index in [1.807, 2.05) is 48.8 Å². The van der Waals surface area contributed by atoms with Gasteiger partial charge in [0.2, 0.25) is 0 Å². The average molecular weight is 252 g/mol. The van der Waals surface area contributed by atoms with Crippen LogP contribution in [0.25, 0.3) is 11.0 Å². The van der Waals surface area contributed by atoms with E-state index < -0.39 is 0 Å². The number of H-pyrrole nitrogens is 1. The van der Waals surface area contributed by atoms with Crippen molar-refractivity contribution in [3.05, 3.63) is 60.2 Å². The summed E-state index contributed by atoms with van der Waals surface area (Å²) in [5, 5.41) is 3.45. The van der Waals surface area contributed by atoms with Crippen LogP contribution in [0, 0.1) is 0 Å². The molecule has 4 nitrogen and oxygen atoms in total. The van der Waals surface area contributed by atoms with Gasteiger partial charge in [-0.3, -0.25) is 4.98 Å². The molecule has 0 aliphatic carbocycles. The summed E-state index contributed by atoms with van der Waals surface area (Å²) in [5.41, 5.74) is 3.32. The summed E-state index contributed by atoms with van der Waals surface area (Å²) >= 11 is 0. The molecule has 2 N–H and O–H groups in total. The topological polar surface area (TPSA) is 53.6 Å². The molecule has 3 aromatic rings. The molecule has 1 unspecified atom stereocenters. The molecule has 1 atom stereocenters. The summed E-state index contributed by atoms with van der Waals surface area (Å²) in [6.45, 7) is 2.86. The number of hydrogen-bond donors (Lipinski definition) is 2. The maximum Gasteiger partial charge on any atom is 0.121 e. The molecule has 0 saturated heterocycles. The number of nitrogens with one attached hydrogen (secondary N) is 2. The quantitative estimate of drug-likeness (QED) is 0.750. The van der Waals surface area contributed by atoms with Crippen molar-refractivity contribution >= 4 is 11.0 Å². The van der Waals surface area contributed by atoms with Crippen LogP contribution >= 0.6 is 0 Å². The van der Waals surface area contributed by atoms with Crippen molar-refractivity contribution in [3.8, 4) is 0 Å². The number of pyridine rings is 1. The van der Waals surface area contributed by atoms with E-state index in [1.54, 1.807) is 0 Å². The molecule has 0 spiro atoms. The number of aromatic amines is 1. The fourth-order valence-electron chi connectivity index (χ4n) is 2.11. The molecule has 0 saturated carbocycles. The number of hydrogen-bond acceptors (Lipinski definition) is 3. The van der Waals surface area contributed by atoms with Gasteiger partial charge < -0.3 is 10.3 Å². The zero-order valence-corrected chi connectivity index (χ0v) is 10.8. The second-order valence-corrected chi connectivity index (χ2v) is 4.58. The van der Waals surface area contributed by atoms with E-state index in [4.69, 9.17) is 0 Å². The van der Waals surface area contributed by atoms with Gasteiger partial charge in [0.1, 0.15) is 5.82 Å². The zero-order valence-electron chi connectivity index (χ0n) is 10.8. The van der Waals surface area contributed by atoms with E-state index in [-0.39, 0.29) is 6.04 Å². The summed E-state index contributed by atoms with van der Waals surface area (Å²) < 4.78 is 0. The van der Waals surface area contributed by atoms with Gasteiger partial charge in [-0.1, -0.05) is 12.1 Å². The highest BCUT2D eigenvalue weighted by molar-refractivity contribution is 5.74. The lowest BCUT2D eigenvalue weighted by Gasteiger charge is -2.12. The Labute approximate surface area is 111 Å². The SMILES string of the molecule is CC(NCc1nc2ccccc2[nH]1)c1ccncc1. The van der Waals surface area contributed by atoms with Crippen LogP contribution in [0.3, 0.4) is 0 Å². The maximum atomic E-state index is 4.55. The first-order valence-electron chi connectivity index (χ1n) is 6.40. The van der Waals surface area contributed by atoms with Gasteiger partial charge in [0.15, 0.2) is 0 Å². The van der Waals surface area contributed by atoms with Crippen molar-refractivity contribution < 1.29 is 0 Å². The average Bonchev–Trinajstić information content (AvgIpc) is 2.88. The first-order chi connectivity index (χ1) is 9.33. The van der Waals surface area contributed by atoms with Crippen molar-refractivity contribution in [2.75, 3.05) is 0 Å². The van der Waals surface area contributed by atoms with Gasteiger partial charge in [0.25, 0.3) is 0 Å². The first kappa shape index (κ1) is 11.9. The smallest absolute Gasteiger partial charge is 0.121 e. The Morgan fingerprint density at radius 1 is 1.16 bits per heavy atom. The third-order valence-corrected chi connectivity index (χ3v) is 3.22. The molecule has 0 aliphatic rings. The Balaban J connectivity index is 1.69. The number of fused-ring (bicyclic) bond motifs is 1. The predicted molar refractivity (Wildman–Crippen MR) is 75.6 cm³/mol. The van der Waals surface area contributed by atoms with E-state index in [2.05, 4.69) is 27.2 Å². The van der Waals surface area contributed by atoms with Crippen molar-refractivity contribution in [3.63, 3.8) is 0 Å². The number of para-hydroxylation sites is 2. The molecular formula is C15H16N4. The van der Waals surface area contributed by atoms with E-state index >= 15 is 0 Å². The Kier molecular flexibility index (Phi) is 3.25. The van der Waals surface area contributed by atoms with Gasteiger partial charge in [0.05, 0.1) is 17.6 Å². The zero-order chi connectivity index (χ0) is 13.1. The van der Waals surface area contributed by atoms with Gasteiger partial charge in [0, 0.05) is 18.4 Å². The van der Waals surface area contributed by atoms with Crippen LogP contribution in [0.4, 0.5) is 0 Å². The molecule has 0 aliphatic heterocycles. The first-order valence-corrected chi connectivity index (χ1v) is 6.40. The lowest BCUT2D eigenvalue weighted by atomic mass is 10.1. The molecule has 0 radical (unpaired) electrons. The van der Waals surface area contributed by atoms with Crippen molar-refractivity contribution in [1.29, 1.82) is 0 Å². The number of imidazole rings is 1. The summed E-state index contributed by atoms with van der Waals surface area (Å²) in [5.74, 6) is 0.960. The van der Waals surface area contributed by atoms with E-state index in [0.29, 0.717) is 0 Å². The van der Waals surface area contributed by atoms with Crippen LogP contribution in [0.5, 0.6) is 0 Å². The molecule has 19 heavy (non-hydrogen) atoms. The molecule has 0 fully saturated rings. The highest BCUT2D eigenvalue weighted by Gasteiger charge is 2.06. The number of nitrogens with zero attached hydrogens (tertiary/aromatic N) is 2. The molecular weight excluding hydrogens is 236 g/mol. The van der Waals surface area contributed by atoms with Crippen LogP contribution in [-0.4, -0.2) is 15.0 Å². The Bertz CT molecular complexity index is 627. The second-order valence-electron chi connectivity index (χ2n) is 4.58. The van der Waals surface area contributed by atoms with E-state index in [1.165, 1.54) is 5.56 Å². The van der Waals surface area contributed by atoms with Gasteiger partial charge in [-0.25, -0.2) is 4.98 Å². The Morgan fingerprint density at radius 3 is 2.74 bits per heavy atom. The van der Waals surface area contributed by atoms with Crippen molar-refractivity contribution in [1.82, 2.24) is 20.3 Å². The molecule has 96 valence electrons. The minimum absolute atomic E-state index is 0.274.